The number of carbonyl (C=O) groups excluding carboxylic acids is 1. The van der Waals surface area contributed by atoms with E-state index in [0.29, 0.717) is 25.3 Å². The summed E-state index contributed by atoms with van der Waals surface area (Å²) in [6, 6.07) is 5.57. The first-order valence-corrected chi connectivity index (χ1v) is 8.35. The van der Waals surface area contributed by atoms with Gasteiger partial charge >= 0.3 is 0 Å². The lowest BCUT2D eigenvalue weighted by Crippen LogP contribution is -2.46. The first kappa shape index (κ1) is 15.9. The molecule has 3 N–H and O–H groups in total. The molecule has 6 nitrogen and oxygen atoms in total. The van der Waals surface area contributed by atoms with Crippen LogP contribution < -0.4 is 20.7 Å². The average molecular weight is 319 g/mol. The maximum Gasteiger partial charge on any atom is 0.239 e. The number of rotatable bonds is 5. The zero-order chi connectivity index (χ0) is 16.2. The van der Waals surface area contributed by atoms with Gasteiger partial charge in [0.1, 0.15) is 11.9 Å². The van der Waals surface area contributed by atoms with Gasteiger partial charge in [-0.3, -0.25) is 4.79 Å². The molecule has 0 aliphatic carbocycles. The Morgan fingerprint density at radius 3 is 3.04 bits per heavy atom. The number of nitrogens with zero attached hydrogens (tertiary/aromatic N) is 1. The van der Waals surface area contributed by atoms with E-state index in [2.05, 4.69) is 12.2 Å². The molecule has 0 saturated carbocycles. The molecular weight excluding hydrogens is 294 g/mol. The van der Waals surface area contributed by atoms with E-state index in [-0.39, 0.29) is 18.1 Å². The summed E-state index contributed by atoms with van der Waals surface area (Å²) >= 11 is 0. The zero-order valence-electron chi connectivity index (χ0n) is 13.6. The number of amides is 1. The van der Waals surface area contributed by atoms with Crippen molar-refractivity contribution in [2.24, 2.45) is 0 Å². The molecule has 0 aromatic heterocycles. The fourth-order valence-corrected chi connectivity index (χ4v) is 3.07. The highest BCUT2D eigenvalue weighted by molar-refractivity contribution is 5.82. The van der Waals surface area contributed by atoms with Crippen LogP contribution in [0.1, 0.15) is 26.2 Å². The summed E-state index contributed by atoms with van der Waals surface area (Å²) in [7, 11) is 0. The highest BCUT2D eigenvalue weighted by Gasteiger charge is 2.26. The van der Waals surface area contributed by atoms with Crippen molar-refractivity contribution < 1.29 is 14.3 Å². The number of carbonyl (C=O) groups is 1. The van der Waals surface area contributed by atoms with Crippen LogP contribution in [0, 0.1) is 0 Å². The molecule has 126 valence electrons. The van der Waals surface area contributed by atoms with Gasteiger partial charge in [0, 0.05) is 18.8 Å². The second kappa shape index (κ2) is 7.08. The van der Waals surface area contributed by atoms with Crippen LogP contribution in [0.25, 0.3) is 0 Å². The maximum absolute atomic E-state index is 12.3. The molecule has 3 rings (SSSR count). The number of hydrogen-bond acceptors (Lipinski definition) is 5. The normalized spacial score (nSPS) is 23.3. The second-order valence-corrected chi connectivity index (χ2v) is 6.19. The molecule has 2 heterocycles. The summed E-state index contributed by atoms with van der Waals surface area (Å²) in [5.74, 6) is 0.801. The van der Waals surface area contributed by atoms with E-state index >= 15 is 0 Å². The minimum Gasteiger partial charge on any atom is -0.486 e. The predicted molar refractivity (Wildman–Crippen MR) is 89.8 cm³/mol. The number of anilines is 2. The Labute approximate surface area is 136 Å². The molecule has 2 aliphatic rings. The van der Waals surface area contributed by atoms with E-state index in [1.54, 1.807) is 0 Å². The Morgan fingerprint density at radius 1 is 1.43 bits per heavy atom. The molecule has 2 unspecified atom stereocenters. The van der Waals surface area contributed by atoms with Crippen LogP contribution in [-0.4, -0.2) is 44.4 Å². The molecule has 6 heteroatoms. The fourth-order valence-electron chi connectivity index (χ4n) is 3.07. The monoisotopic (exact) mass is 319 g/mol. The van der Waals surface area contributed by atoms with Gasteiger partial charge < -0.3 is 25.4 Å². The third kappa shape index (κ3) is 3.88. The Kier molecular flexibility index (Phi) is 4.91. The SMILES string of the molecule is CCC1CN(CC(=O)NCC2CCCO2)c2cc(N)ccc2O1. The predicted octanol–water partition coefficient (Wildman–Crippen LogP) is 1.54. The molecule has 2 aliphatic heterocycles. The Hall–Kier alpha value is -1.95. The molecule has 1 amide bonds. The lowest BCUT2D eigenvalue weighted by molar-refractivity contribution is -0.120. The van der Waals surface area contributed by atoms with Crippen molar-refractivity contribution in [1.82, 2.24) is 5.32 Å². The van der Waals surface area contributed by atoms with E-state index in [9.17, 15) is 4.79 Å². The first-order valence-electron chi connectivity index (χ1n) is 8.35. The highest BCUT2D eigenvalue weighted by Crippen LogP contribution is 2.35. The summed E-state index contributed by atoms with van der Waals surface area (Å²) < 4.78 is 11.5. The number of ether oxygens (including phenoxy) is 2. The zero-order valence-corrected chi connectivity index (χ0v) is 13.6. The summed E-state index contributed by atoms with van der Waals surface area (Å²) in [4.78, 5) is 14.3. The van der Waals surface area contributed by atoms with Crippen molar-refractivity contribution in [1.29, 1.82) is 0 Å². The van der Waals surface area contributed by atoms with Crippen LogP contribution in [0.5, 0.6) is 5.75 Å². The maximum atomic E-state index is 12.3. The number of benzene rings is 1. The smallest absolute Gasteiger partial charge is 0.239 e. The Balaban J connectivity index is 1.63. The molecule has 1 aromatic rings. The summed E-state index contributed by atoms with van der Waals surface area (Å²) in [6.07, 6.45) is 3.26. The minimum atomic E-state index is 0.00521. The lowest BCUT2D eigenvalue weighted by Gasteiger charge is -2.35. The summed E-state index contributed by atoms with van der Waals surface area (Å²) in [5, 5.41) is 2.97. The van der Waals surface area contributed by atoms with Gasteiger partial charge in [-0.15, -0.1) is 0 Å². The number of fused-ring (bicyclic) bond motifs is 1. The molecule has 1 saturated heterocycles. The number of hydrogen-bond donors (Lipinski definition) is 2. The molecule has 23 heavy (non-hydrogen) atoms. The van der Waals surface area contributed by atoms with Gasteiger partial charge in [0.25, 0.3) is 0 Å². The quantitative estimate of drug-likeness (QED) is 0.805. The van der Waals surface area contributed by atoms with E-state index in [1.165, 1.54) is 0 Å². The average Bonchev–Trinajstić information content (AvgIpc) is 3.06. The van der Waals surface area contributed by atoms with Gasteiger partial charge in [0.15, 0.2) is 0 Å². The van der Waals surface area contributed by atoms with Crippen molar-refractivity contribution in [3.63, 3.8) is 0 Å². The molecule has 1 fully saturated rings. The van der Waals surface area contributed by atoms with Gasteiger partial charge in [-0.2, -0.15) is 0 Å². The Morgan fingerprint density at radius 2 is 2.30 bits per heavy atom. The van der Waals surface area contributed by atoms with Gasteiger partial charge in [0.05, 0.1) is 24.9 Å². The van der Waals surface area contributed by atoms with E-state index in [1.807, 2.05) is 23.1 Å². The van der Waals surface area contributed by atoms with Crippen LogP contribution >= 0.6 is 0 Å². The van der Waals surface area contributed by atoms with Gasteiger partial charge in [-0.25, -0.2) is 0 Å². The third-order valence-electron chi connectivity index (χ3n) is 4.38. The van der Waals surface area contributed by atoms with Crippen molar-refractivity contribution >= 4 is 17.3 Å². The van der Waals surface area contributed by atoms with Crippen molar-refractivity contribution in [2.75, 3.05) is 36.9 Å². The molecule has 1 aromatic carbocycles. The molecule has 0 bridgehead atoms. The summed E-state index contributed by atoms with van der Waals surface area (Å²) in [6.45, 7) is 4.48. The topological polar surface area (TPSA) is 76.8 Å². The highest BCUT2D eigenvalue weighted by atomic mass is 16.5. The minimum absolute atomic E-state index is 0.00521. The second-order valence-electron chi connectivity index (χ2n) is 6.19. The van der Waals surface area contributed by atoms with Crippen LogP contribution in [-0.2, 0) is 9.53 Å². The lowest BCUT2D eigenvalue weighted by atomic mass is 10.1. The number of nitrogens with one attached hydrogen (secondary N) is 1. The van der Waals surface area contributed by atoms with Crippen LogP contribution in [0.3, 0.4) is 0 Å². The standard InChI is InChI=1S/C17H25N3O3/c1-2-13-10-20(15-8-12(18)5-6-16(15)23-13)11-17(21)19-9-14-4-3-7-22-14/h5-6,8,13-14H,2-4,7,9-11,18H2,1H3,(H,19,21). The molecule has 2 atom stereocenters. The molecule has 0 radical (unpaired) electrons. The van der Waals surface area contributed by atoms with Crippen molar-refractivity contribution in [3.05, 3.63) is 18.2 Å². The van der Waals surface area contributed by atoms with Crippen molar-refractivity contribution in [3.8, 4) is 5.75 Å². The van der Waals surface area contributed by atoms with Crippen LogP contribution in [0.15, 0.2) is 18.2 Å². The van der Waals surface area contributed by atoms with Gasteiger partial charge in [0.2, 0.25) is 5.91 Å². The third-order valence-corrected chi connectivity index (χ3v) is 4.38. The largest absolute Gasteiger partial charge is 0.486 e. The number of nitrogens with two attached hydrogens (primary N) is 1. The van der Waals surface area contributed by atoms with Gasteiger partial charge in [-0.05, 0) is 37.5 Å². The molecule has 0 spiro atoms. The van der Waals surface area contributed by atoms with Crippen molar-refractivity contribution in [2.45, 2.75) is 38.4 Å². The molecular formula is C17H25N3O3. The fraction of sp³-hybridized carbons (Fsp3) is 0.588. The van der Waals surface area contributed by atoms with Gasteiger partial charge in [-0.1, -0.05) is 6.92 Å². The number of nitrogen functional groups attached to an aromatic ring is 1. The summed E-state index contributed by atoms with van der Waals surface area (Å²) in [5.41, 5.74) is 7.45. The first-order chi connectivity index (χ1) is 11.2. The van der Waals surface area contributed by atoms with E-state index < -0.39 is 0 Å². The van der Waals surface area contributed by atoms with E-state index in [4.69, 9.17) is 15.2 Å². The van der Waals surface area contributed by atoms with Crippen LogP contribution in [0.4, 0.5) is 11.4 Å². The Bertz CT molecular complexity index is 558. The van der Waals surface area contributed by atoms with Crippen LogP contribution in [0.2, 0.25) is 0 Å². The van der Waals surface area contributed by atoms with E-state index in [0.717, 1.165) is 37.3 Å².